The Labute approximate surface area is 242 Å². The number of anilines is 1. The Morgan fingerprint density at radius 1 is 1.05 bits per heavy atom. The van der Waals surface area contributed by atoms with Gasteiger partial charge in [-0.25, -0.2) is 17.2 Å². The zero-order chi connectivity index (χ0) is 29.4. The number of benzene rings is 3. The fourth-order valence-electron chi connectivity index (χ4n) is 4.21. The van der Waals surface area contributed by atoms with Gasteiger partial charge in [0.15, 0.2) is 0 Å². The third kappa shape index (κ3) is 7.59. The van der Waals surface area contributed by atoms with Gasteiger partial charge >= 0.3 is 0 Å². The number of sulfonamides is 1. The lowest BCUT2D eigenvalue weighted by Gasteiger charge is -2.32. The second-order valence-corrected chi connectivity index (χ2v) is 11.4. The molecular weight excluding hydrogens is 572 g/mol. The molecule has 0 aliphatic carbocycles. The van der Waals surface area contributed by atoms with Gasteiger partial charge in [0, 0.05) is 42.0 Å². The fourth-order valence-corrected chi connectivity index (χ4v) is 5.97. The molecule has 7 nitrogen and oxygen atoms in total. The highest BCUT2D eigenvalue weighted by Gasteiger charge is 2.34. The van der Waals surface area contributed by atoms with Crippen molar-refractivity contribution in [1.29, 1.82) is 0 Å². The largest absolute Gasteiger partial charge is 0.493 e. The SMILES string of the molecule is CC(c1ccccc1OCCCC(=O)NCc1cccnc1)N(c1cc(F)ccc1F)S(=O)(=O)c1ccc(Cl)cc1. The zero-order valence-electron chi connectivity index (χ0n) is 22.1. The predicted octanol–water partition coefficient (Wildman–Crippen LogP) is 6.45. The summed E-state index contributed by atoms with van der Waals surface area (Å²) < 4.78 is 63.7. The minimum Gasteiger partial charge on any atom is -0.493 e. The third-order valence-corrected chi connectivity index (χ3v) is 8.41. The molecule has 0 saturated carbocycles. The first-order valence-corrected chi connectivity index (χ1v) is 14.6. The van der Waals surface area contributed by atoms with Crippen molar-refractivity contribution in [1.82, 2.24) is 10.3 Å². The predicted molar refractivity (Wildman–Crippen MR) is 153 cm³/mol. The summed E-state index contributed by atoms with van der Waals surface area (Å²) in [6.07, 6.45) is 3.94. The van der Waals surface area contributed by atoms with Gasteiger partial charge in [0.25, 0.3) is 10.0 Å². The van der Waals surface area contributed by atoms with Crippen molar-refractivity contribution in [2.45, 2.75) is 37.2 Å². The van der Waals surface area contributed by atoms with Crippen molar-refractivity contribution in [3.8, 4) is 5.75 Å². The van der Waals surface area contributed by atoms with E-state index in [0.29, 0.717) is 29.3 Å². The third-order valence-electron chi connectivity index (χ3n) is 6.26. The summed E-state index contributed by atoms with van der Waals surface area (Å²) in [4.78, 5) is 16.1. The quantitative estimate of drug-likeness (QED) is 0.189. The van der Waals surface area contributed by atoms with Crippen LogP contribution in [0.5, 0.6) is 5.75 Å². The molecule has 0 bridgehead atoms. The zero-order valence-corrected chi connectivity index (χ0v) is 23.7. The molecule has 4 aromatic rings. The number of amides is 1. The van der Waals surface area contributed by atoms with E-state index in [-0.39, 0.29) is 23.8 Å². The van der Waals surface area contributed by atoms with Crippen LogP contribution in [0.1, 0.15) is 36.9 Å². The molecule has 0 fully saturated rings. The monoisotopic (exact) mass is 599 g/mol. The number of nitrogens with one attached hydrogen (secondary N) is 1. The summed E-state index contributed by atoms with van der Waals surface area (Å²) in [6.45, 7) is 2.09. The summed E-state index contributed by atoms with van der Waals surface area (Å²) in [5.74, 6) is -1.51. The Kier molecular flexibility index (Phi) is 9.91. The lowest BCUT2D eigenvalue weighted by molar-refractivity contribution is -0.121. The van der Waals surface area contributed by atoms with E-state index in [2.05, 4.69) is 10.3 Å². The normalized spacial score (nSPS) is 12.0. The van der Waals surface area contributed by atoms with Crippen LogP contribution in [-0.2, 0) is 21.4 Å². The summed E-state index contributed by atoms with van der Waals surface area (Å²) in [5.41, 5.74) is 0.857. The van der Waals surface area contributed by atoms with Gasteiger partial charge in [-0.1, -0.05) is 35.9 Å². The first-order chi connectivity index (χ1) is 19.7. The van der Waals surface area contributed by atoms with Crippen LogP contribution < -0.4 is 14.4 Å². The number of rotatable bonds is 12. The molecule has 3 aromatic carbocycles. The van der Waals surface area contributed by atoms with Crippen LogP contribution >= 0.6 is 11.6 Å². The lowest BCUT2D eigenvalue weighted by Crippen LogP contribution is -2.34. The average Bonchev–Trinajstić information content (AvgIpc) is 2.97. The number of ether oxygens (including phenoxy) is 1. The van der Waals surface area contributed by atoms with Gasteiger partial charge in [-0.2, -0.15) is 0 Å². The van der Waals surface area contributed by atoms with Gasteiger partial charge in [0.1, 0.15) is 17.4 Å². The highest BCUT2D eigenvalue weighted by molar-refractivity contribution is 7.92. The number of nitrogens with zero attached hydrogens (tertiary/aromatic N) is 2. The Morgan fingerprint density at radius 2 is 1.80 bits per heavy atom. The summed E-state index contributed by atoms with van der Waals surface area (Å²) in [6, 6.07) is 17.4. The summed E-state index contributed by atoms with van der Waals surface area (Å²) >= 11 is 5.95. The van der Waals surface area contributed by atoms with Gasteiger partial charge in [-0.05, 0) is 67.4 Å². The Hall–Kier alpha value is -4.02. The first kappa shape index (κ1) is 30.0. The molecule has 1 atom stereocenters. The van der Waals surface area contributed by atoms with Gasteiger partial charge in [0.2, 0.25) is 5.91 Å². The lowest BCUT2D eigenvalue weighted by atomic mass is 10.1. The van der Waals surface area contributed by atoms with Crippen molar-refractivity contribution in [2.75, 3.05) is 10.9 Å². The van der Waals surface area contributed by atoms with Crippen LogP contribution in [0.2, 0.25) is 5.02 Å². The van der Waals surface area contributed by atoms with E-state index in [1.54, 1.807) is 49.6 Å². The highest BCUT2D eigenvalue weighted by Crippen LogP contribution is 2.38. The number of para-hydroxylation sites is 1. The molecule has 1 aromatic heterocycles. The van der Waals surface area contributed by atoms with Crippen molar-refractivity contribution in [3.63, 3.8) is 0 Å². The van der Waals surface area contributed by atoms with Gasteiger partial charge < -0.3 is 10.1 Å². The topological polar surface area (TPSA) is 88.6 Å². The number of carbonyl (C=O) groups is 1. The van der Waals surface area contributed by atoms with Crippen LogP contribution in [0.25, 0.3) is 0 Å². The van der Waals surface area contributed by atoms with E-state index in [1.165, 1.54) is 24.3 Å². The molecule has 1 unspecified atom stereocenters. The smallest absolute Gasteiger partial charge is 0.264 e. The van der Waals surface area contributed by atoms with Gasteiger partial charge in [0.05, 0.1) is 23.2 Å². The fraction of sp³-hybridized carbons (Fsp3) is 0.200. The van der Waals surface area contributed by atoms with Crippen LogP contribution in [0.3, 0.4) is 0 Å². The van der Waals surface area contributed by atoms with E-state index < -0.39 is 33.4 Å². The minimum absolute atomic E-state index is 0.145. The van der Waals surface area contributed by atoms with Crippen molar-refractivity contribution in [3.05, 3.63) is 119 Å². The molecule has 11 heteroatoms. The maximum atomic E-state index is 15.0. The Balaban J connectivity index is 1.53. The number of hydrogen-bond acceptors (Lipinski definition) is 5. The highest BCUT2D eigenvalue weighted by atomic mass is 35.5. The number of pyridine rings is 1. The van der Waals surface area contributed by atoms with Gasteiger partial charge in [-0.15, -0.1) is 0 Å². The van der Waals surface area contributed by atoms with E-state index in [4.69, 9.17) is 16.3 Å². The van der Waals surface area contributed by atoms with Crippen LogP contribution in [0.4, 0.5) is 14.5 Å². The number of carbonyl (C=O) groups excluding carboxylic acids is 1. The molecular formula is C30H28ClF2N3O4S. The molecule has 214 valence electrons. The first-order valence-electron chi connectivity index (χ1n) is 12.8. The maximum absolute atomic E-state index is 15.0. The molecule has 1 heterocycles. The molecule has 4 rings (SSSR count). The molecule has 0 aliphatic heterocycles. The summed E-state index contributed by atoms with van der Waals surface area (Å²) in [7, 11) is -4.38. The van der Waals surface area contributed by atoms with Crippen LogP contribution in [-0.4, -0.2) is 25.9 Å². The molecule has 0 radical (unpaired) electrons. The second-order valence-electron chi connectivity index (χ2n) is 9.15. The number of aromatic nitrogens is 1. The van der Waals surface area contributed by atoms with Crippen molar-refractivity contribution >= 4 is 33.2 Å². The molecule has 1 amide bonds. The van der Waals surface area contributed by atoms with Crippen LogP contribution in [0, 0.1) is 11.6 Å². The van der Waals surface area contributed by atoms with Crippen molar-refractivity contribution in [2.24, 2.45) is 0 Å². The standard InChI is InChI=1S/C30H28ClF2N3O4S/c1-21(36(28-18-24(32)12-15-27(28)33)41(38,39)25-13-10-23(31)11-14-25)26-7-2-3-8-29(26)40-17-5-9-30(37)35-20-22-6-4-16-34-19-22/h2-4,6-8,10-16,18-19,21H,5,9,17,20H2,1H3,(H,35,37). The maximum Gasteiger partial charge on any atom is 0.264 e. The average molecular weight is 600 g/mol. The number of halogens is 3. The van der Waals surface area contributed by atoms with E-state index in [0.717, 1.165) is 28.1 Å². The van der Waals surface area contributed by atoms with Crippen LogP contribution in [0.15, 0.2) is 96.2 Å². The molecule has 0 aliphatic rings. The molecule has 1 N–H and O–H groups in total. The molecule has 0 spiro atoms. The second kappa shape index (κ2) is 13.6. The van der Waals surface area contributed by atoms with E-state index in [9.17, 15) is 17.6 Å². The van der Waals surface area contributed by atoms with Gasteiger partial charge in [-0.3, -0.25) is 14.1 Å². The minimum atomic E-state index is -4.38. The van der Waals surface area contributed by atoms with Crippen molar-refractivity contribution < 1.29 is 26.7 Å². The number of hydrogen-bond donors (Lipinski definition) is 1. The Morgan fingerprint density at radius 3 is 2.54 bits per heavy atom. The van der Waals surface area contributed by atoms with E-state index >= 15 is 4.39 Å². The van der Waals surface area contributed by atoms with E-state index in [1.807, 2.05) is 6.07 Å². The Bertz CT molecular complexity index is 1590. The molecule has 41 heavy (non-hydrogen) atoms. The summed E-state index contributed by atoms with van der Waals surface area (Å²) in [5, 5.41) is 3.15. The molecule has 0 saturated heterocycles.